The number of allylic oxidation sites excluding steroid dienone is 3. The Bertz CT molecular complexity index is 1190. The van der Waals surface area contributed by atoms with E-state index >= 15 is 0 Å². The van der Waals surface area contributed by atoms with Gasteiger partial charge < -0.3 is 25.4 Å². The van der Waals surface area contributed by atoms with E-state index in [9.17, 15) is 14.7 Å². The molecule has 3 heterocycles. The van der Waals surface area contributed by atoms with Crippen molar-refractivity contribution in [3.8, 4) is 5.75 Å². The number of hydrogen-bond acceptors (Lipinski definition) is 8. The van der Waals surface area contributed by atoms with Crippen LogP contribution in [0.3, 0.4) is 0 Å². The van der Waals surface area contributed by atoms with Crippen molar-refractivity contribution in [2.24, 2.45) is 0 Å². The van der Waals surface area contributed by atoms with Crippen LogP contribution in [-0.4, -0.2) is 66.2 Å². The number of piperazine rings is 1. The molecular formula is C25H29N5O4S. The van der Waals surface area contributed by atoms with Crippen LogP contribution < -0.4 is 20.3 Å². The van der Waals surface area contributed by atoms with Gasteiger partial charge >= 0.3 is 0 Å². The smallest absolute Gasteiger partial charge is 0.275 e. The lowest BCUT2D eigenvalue weighted by Crippen LogP contribution is -2.52. The number of anilines is 1. The van der Waals surface area contributed by atoms with Gasteiger partial charge in [0.2, 0.25) is 0 Å². The summed E-state index contributed by atoms with van der Waals surface area (Å²) in [6, 6.07) is 5.37. The molecule has 1 atom stereocenters. The molecule has 9 nitrogen and oxygen atoms in total. The average Bonchev–Trinajstić information content (AvgIpc) is 3.50. The van der Waals surface area contributed by atoms with Crippen LogP contribution in [0.1, 0.15) is 33.3 Å². The van der Waals surface area contributed by atoms with E-state index in [2.05, 4.69) is 27.1 Å². The summed E-state index contributed by atoms with van der Waals surface area (Å²) in [4.78, 5) is 34.2. The van der Waals surface area contributed by atoms with E-state index in [1.54, 1.807) is 29.5 Å². The van der Waals surface area contributed by atoms with Crippen LogP contribution in [0.4, 0.5) is 5.13 Å². The number of methoxy groups -OCH3 is 1. The van der Waals surface area contributed by atoms with E-state index in [1.165, 1.54) is 11.3 Å². The van der Waals surface area contributed by atoms with Gasteiger partial charge in [0.05, 0.1) is 31.7 Å². The zero-order valence-corrected chi connectivity index (χ0v) is 20.6. The number of rotatable bonds is 8. The van der Waals surface area contributed by atoms with Crippen LogP contribution in [0, 0.1) is 0 Å². The summed E-state index contributed by atoms with van der Waals surface area (Å²) in [6.07, 6.45) is 5.34. The van der Waals surface area contributed by atoms with Gasteiger partial charge in [-0.15, -0.1) is 11.3 Å². The maximum atomic E-state index is 13.1. The number of thiazole rings is 1. The van der Waals surface area contributed by atoms with Gasteiger partial charge in [0, 0.05) is 36.6 Å². The maximum absolute atomic E-state index is 13.1. The van der Waals surface area contributed by atoms with Gasteiger partial charge in [-0.3, -0.25) is 14.5 Å². The Morgan fingerprint density at radius 3 is 3.00 bits per heavy atom. The molecule has 3 N–H and O–H groups in total. The highest BCUT2D eigenvalue weighted by molar-refractivity contribution is 7.14. The second-order valence-electron chi connectivity index (χ2n) is 8.15. The molecular weight excluding hydrogens is 466 g/mol. The van der Waals surface area contributed by atoms with Gasteiger partial charge in [-0.25, -0.2) is 4.98 Å². The minimum atomic E-state index is -0.366. The molecule has 0 saturated carbocycles. The van der Waals surface area contributed by atoms with Crippen molar-refractivity contribution in [3.05, 3.63) is 76.6 Å². The molecule has 1 fully saturated rings. The third-order valence-corrected chi connectivity index (χ3v) is 6.85. The highest BCUT2D eigenvalue weighted by Gasteiger charge is 2.31. The van der Waals surface area contributed by atoms with E-state index in [0.29, 0.717) is 35.2 Å². The number of fused-ring (bicyclic) bond motifs is 1. The zero-order chi connectivity index (χ0) is 24.9. The molecule has 0 bridgehead atoms. The average molecular weight is 496 g/mol. The molecule has 1 saturated heterocycles. The van der Waals surface area contributed by atoms with Crippen molar-refractivity contribution < 1.29 is 19.4 Å². The fourth-order valence-corrected chi connectivity index (χ4v) is 4.97. The molecule has 1 aromatic heterocycles. The number of aliphatic hydroxyl groups excluding tert-OH is 1. The lowest BCUT2D eigenvalue weighted by Gasteiger charge is -2.36. The molecule has 0 unspecified atom stereocenters. The third-order valence-electron chi connectivity index (χ3n) is 5.98. The Kier molecular flexibility index (Phi) is 7.64. The lowest BCUT2D eigenvalue weighted by molar-refractivity contribution is 0.0955. The molecule has 2 aliphatic rings. The number of aromatic nitrogens is 1. The number of nitrogens with one attached hydrogen (secondary N) is 2. The van der Waals surface area contributed by atoms with Crippen LogP contribution in [0.15, 0.2) is 59.8 Å². The lowest BCUT2D eigenvalue weighted by atomic mass is 10.1. The van der Waals surface area contributed by atoms with Crippen molar-refractivity contribution in [3.63, 3.8) is 0 Å². The van der Waals surface area contributed by atoms with Crippen molar-refractivity contribution in [1.82, 2.24) is 20.5 Å². The highest BCUT2D eigenvalue weighted by Crippen LogP contribution is 2.32. The number of aliphatic hydroxyl groups is 1. The molecule has 10 heteroatoms. The summed E-state index contributed by atoms with van der Waals surface area (Å²) in [6.45, 7) is 8.13. The standard InChI is InChI=1S/C25H29N5O4S/c1-4-6-22(29-10-9-26-17(13-29)14-31)20(5-2)27-23(32)21-15-35-25(28-21)30-12-16-7-8-18(34-3)11-19(16)24(30)33/h4-8,11,15,17,26,31H,1,9-10,12-14H2,2-3H3,(H,27,32)/b20-5+,22-6+/t17-/m1/s1. The van der Waals surface area contributed by atoms with Crippen molar-refractivity contribution in [2.75, 3.05) is 38.3 Å². The zero-order valence-electron chi connectivity index (χ0n) is 19.8. The Morgan fingerprint density at radius 2 is 2.29 bits per heavy atom. The molecule has 184 valence electrons. The number of hydrogen-bond donors (Lipinski definition) is 3. The first-order valence-electron chi connectivity index (χ1n) is 11.3. The monoisotopic (exact) mass is 495 g/mol. The number of carbonyl (C=O) groups excluding carboxylic acids is 2. The normalized spacial score (nSPS) is 18.5. The second kappa shape index (κ2) is 10.9. The highest BCUT2D eigenvalue weighted by atomic mass is 32.1. The predicted octanol–water partition coefficient (Wildman–Crippen LogP) is 2.28. The molecule has 4 rings (SSSR count). The van der Waals surface area contributed by atoms with E-state index in [-0.39, 0.29) is 30.2 Å². The first-order chi connectivity index (χ1) is 17.0. The summed E-state index contributed by atoms with van der Waals surface area (Å²) in [5, 5.41) is 17.9. The molecule has 2 aromatic rings. The van der Waals surface area contributed by atoms with Crippen LogP contribution in [0.25, 0.3) is 0 Å². The minimum Gasteiger partial charge on any atom is -0.497 e. The molecule has 2 aliphatic heterocycles. The molecule has 0 aliphatic carbocycles. The van der Waals surface area contributed by atoms with Crippen molar-refractivity contribution in [2.45, 2.75) is 19.5 Å². The number of nitrogens with zero attached hydrogens (tertiary/aromatic N) is 3. The van der Waals surface area contributed by atoms with Crippen molar-refractivity contribution in [1.29, 1.82) is 0 Å². The summed E-state index contributed by atoms with van der Waals surface area (Å²) in [7, 11) is 1.56. The van der Waals surface area contributed by atoms with Gasteiger partial charge in [0.15, 0.2) is 5.13 Å². The van der Waals surface area contributed by atoms with Gasteiger partial charge in [0.25, 0.3) is 11.8 Å². The van der Waals surface area contributed by atoms with E-state index < -0.39 is 0 Å². The fraction of sp³-hybridized carbons (Fsp3) is 0.320. The Morgan fingerprint density at radius 1 is 1.46 bits per heavy atom. The van der Waals surface area contributed by atoms with E-state index in [0.717, 1.165) is 24.4 Å². The summed E-state index contributed by atoms with van der Waals surface area (Å²) >= 11 is 1.25. The molecule has 0 radical (unpaired) electrons. The molecule has 1 aromatic carbocycles. The Hall–Kier alpha value is -3.47. The quantitative estimate of drug-likeness (QED) is 0.483. The van der Waals surface area contributed by atoms with Gasteiger partial charge in [-0.05, 0) is 30.7 Å². The number of benzene rings is 1. The van der Waals surface area contributed by atoms with Gasteiger partial charge in [-0.1, -0.05) is 24.8 Å². The summed E-state index contributed by atoms with van der Waals surface area (Å²) in [5.74, 6) is 0.0909. The first kappa shape index (κ1) is 24.6. The van der Waals surface area contributed by atoms with E-state index in [1.807, 2.05) is 31.2 Å². The minimum absolute atomic E-state index is 0.0306. The summed E-state index contributed by atoms with van der Waals surface area (Å²) < 4.78 is 5.23. The fourth-order valence-electron chi connectivity index (χ4n) is 4.17. The van der Waals surface area contributed by atoms with Crippen LogP contribution in [-0.2, 0) is 6.54 Å². The van der Waals surface area contributed by atoms with Crippen LogP contribution in [0.5, 0.6) is 5.75 Å². The van der Waals surface area contributed by atoms with Crippen molar-refractivity contribution >= 4 is 28.3 Å². The number of amides is 2. The maximum Gasteiger partial charge on any atom is 0.275 e. The van der Waals surface area contributed by atoms with Gasteiger partial charge in [-0.2, -0.15) is 0 Å². The Labute approximate surface area is 208 Å². The third kappa shape index (κ3) is 5.14. The Balaban J connectivity index is 1.48. The van der Waals surface area contributed by atoms with Crippen LogP contribution in [0.2, 0.25) is 0 Å². The van der Waals surface area contributed by atoms with Gasteiger partial charge in [0.1, 0.15) is 11.4 Å². The molecule has 0 spiro atoms. The first-order valence-corrected chi connectivity index (χ1v) is 12.2. The van der Waals surface area contributed by atoms with Crippen LogP contribution >= 0.6 is 11.3 Å². The number of carbonyl (C=O) groups is 2. The molecule has 2 amide bonds. The predicted molar refractivity (Wildman–Crippen MR) is 136 cm³/mol. The summed E-state index contributed by atoms with van der Waals surface area (Å²) in [5.41, 5.74) is 3.14. The largest absolute Gasteiger partial charge is 0.497 e. The number of ether oxygens (including phenoxy) is 1. The topological polar surface area (TPSA) is 107 Å². The SMILES string of the molecule is C=C/C=C(\C(=C/C)NC(=O)c1csc(N2Cc3ccc(OC)cc3C2=O)n1)N1CCN[C@@H](CO)C1. The molecule has 35 heavy (non-hydrogen) atoms. The second-order valence-corrected chi connectivity index (χ2v) is 8.99. The van der Waals surface area contributed by atoms with E-state index in [4.69, 9.17) is 4.74 Å².